The first-order valence-corrected chi connectivity index (χ1v) is 9.17. The zero-order valence-corrected chi connectivity index (χ0v) is 15.1. The molecular weight excluding hydrogens is 308 g/mol. The summed E-state index contributed by atoms with van der Waals surface area (Å²) in [5.41, 5.74) is 0. The summed E-state index contributed by atoms with van der Waals surface area (Å²) in [6.45, 7) is 11.0. The van der Waals surface area contributed by atoms with Gasteiger partial charge in [0.1, 0.15) is 0 Å². The maximum atomic E-state index is 12.3. The number of hydrogen-bond acceptors (Lipinski definition) is 4. The number of urea groups is 1. The van der Waals surface area contributed by atoms with Crippen LogP contribution >= 0.6 is 0 Å². The van der Waals surface area contributed by atoms with Crippen LogP contribution in [-0.2, 0) is 9.53 Å². The number of likely N-dealkylation sites (tertiary alicyclic amines) is 1. The first-order chi connectivity index (χ1) is 11.6. The highest BCUT2D eigenvalue weighted by molar-refractivity contribution is 5.79. The number of piperazine rings is 1. The monoisotopic (exact) mass is 340 g/mol. The van der Waals surface area contributed by atoms with Crippen LogP contribution in [0.2, 0.25) is 0 Å². The number of hydrogen-bond donors (Lipinski definition) is 1. The second-order valence-electron chi connectivity index (χ2n) is 7.05. The molecule has 24 heavy (non-hydrogen) atoms. The van der Waals surface area contributed by atoms with Crippen LogP contribution in [0, 0.1) is 5.92 Å². The van der Waals surface area contributed by atoms with Crippen molar-refractivity contribution >= 4 is 11.9 Å². The topological polar surface area (TPSA) is 65.1 Å². The Morgan fingerprint density at radius 2 is 1.62 bits per heavy atom. The summed E-state index contributed by atoms with van der Waals surface area (Å²) >= 11 is 0. The predicted octanol–water partition coefficient (Wildman–Crippen LogP) is 0.609. The van der Waals surface area contributed by atoms with E-state index >= 15 is 0 Å². The summed E-state index contributed by atoms with van der Waals surface area (Å²) in [4.78, 5) is 30.3. The fourth-order valence-corrected chi connectivity index (χ4v) is 3.05. The van der Waals surface area contributed by atoms with Crippen LogP contribution in [0.3, 0.4) is 0 Å². The van der Waals surface area contributed by atoms with Gasteiger partial charge in [-0.25, -0.2) is 4.79 Å². The zero-order valence-electron chi connectivity index (χ0n) is 15.1. The van der Waals surface area contributed by atoms with E-state index in [0.717, 1.165) is 13.1 Å². The van der Waals surface area contributed by atoms with Crippen molar-refractivity contribution in [1.82, 2.24) is 20.0 Å². The summed E-state index contributed by atoms with van der Waals surface area (Å²) in [6, 6.07) is -0.0604. The lowest BCUT2D eigenvalue weighted by atomic mass is 10.2. The van der Waals surface area contributed by atoms with Crippen molar-refractivity contribution in [2.45, 2.75) is 26.7 Å². The molecule has 0 aromatic carbocycles. The van der Waals surface area contributed by atoms with Crippen LogP contribution < -0.4 is 5.32 Å². The van der Waals surface area contributed by atoms with Crippen molar-refractivity contribution in [2.24, 2.45) is 5.92 Å². The number of nitrogens with one attached hydrogen (secondary N) is 1. The van der Waals surface area contributed by atoms with Crippen LogP contribution in [0.4, 0.5) is 4.79 Å². The fraction of sp³-hybridized carbons (Fsp3) is 0.882. The minimum Gasteiger partial charge on any atom is -0.379 e. The van der Waals surface area contributed by atoms with E-state index < -0.39 is 0 Å². The molecule has 2 aliphatic heterocycles. The molecule has 2 aliphatic rings. The van der Waals surface area contributed by atoms with Gasteiger partial charge in [0, 0.05) is 39.3 Å². The molecule has 0 saturated carbocycles. The summed E-state index contributed by atoms with van der Waals surface area (Å²) < 4.78 is 5.45. The number of nitrogens with zero attached hydrogens (tertiary/aromatic N) is 3. The average Bonchev–Trinajstić information content (AvgIpc) is 3.07. The Bertz CT molecular complexity index is 403. The molecule has 0 atom stereocenters. The lowest BCUT2D eigenvalue weighted by Gasteiger charge is -2.35. The maximum absolute atomic E-state index is 12.3. The Hall–Kier alpha value is -1.34. The van der Waals surface area contributed by atoms with Gasteiger partial charge in [-0.05, 0) is 31.8 Å². The molecule has 0 aromatic heterocycles. The summed E-state index contributed by atoms with van der Waals surface area (Å²) in [5.74, 6) is 0.700. The molecule has 3 amide bonds. The Kier molecular flexibility index (Phi) is 7.78. The van der Waals surface area contributed by atoms with Gasteiger partial charge < -0.3 is 19.9 Å². The van der Waals surface area contributed by atoms with Crippen LogP contribution in [0.15, 0.2) is 0 Å². The van der Waals surface area contributed by atoms with E-state index in [0.29, 0.717) is 58.4 Å². The van der Waals surface area contributed by atoms with Gasteiger partial charge in [0.05, 0.1) is 13.2 Å². The molecule has 2 fully saturated rings. The van der Waals surface area contributed by atoms with E-state index in [1.54, 1.807) is 4.90 Å². The Labute approximate surface area is 145 Å². The average molecular weight is 340 g/mol. The summed E-state index contributed by atoms with van der Waals surface area (Å²) in [5, 5.41) is 2.88. The van der Waals surface area contributed by atoms with Crippen molar-refractivity contribution in [3.05, 3.63) is 0 Å². The molecule has 1 N–H and O–H groups in total. The SMILES string of the molecule is CC(C)COCCNC(=O)N1CCN(C(=O)CN2CCCC2)CC1. The Balaban J connectivity index is 1.59. The van der Waals surface area contributed by atoms with E-state index in [2.05, 4.69) is 24.1 Å². The van der Waals surface area contributed by atoms with E-state index in [4.69, 9.17) is 4.74 Å². The Morgan fingerprint density at radius 1 is 1.00 bits per heavy atom. The predicted molar refractivity (Wildman–Crippen MR) is 92.9 cm³/mol. The van der Waals surface area contributed by atoms with E-state index in [-0.39, 0.29) is 11.9 Å². The maximum Gasteiger partial charge on any atom is 0.317 e. The zero-order chi connectivity index (χ0) is 17.4. The van der Waals surface area contributed by atoms with E-state index in [1.165, 1.54) is 12.8 Å². The van der Waals surface area contributed by atoms with Crippen LogP contribution in [0.1, 0.15) is 26.7 Å². The van der Waals surface area contributed by atoms with Gasteiger partial charge in [-0.15, -0.1) is 0 Å². The molecule has 2 heterocycles. The van der Waals surface area contributed by atoms with Crippen LogP contribution in [-0.4, -0.2) is 92.2 Å². The summed E-state index contributed by atoms with van der Waals surface area (Å²) in [6.07, 6.45) is 2.39. The van der Waals surface area contributed by atoms with Gasteiger partial charge in [0.25, 0.3) is 0 Å². The van der Waals surface area contributed by atoms with Crippen LogP contribution in [0.5, 0.6) is 0 Å². The molecule has 0 unspecified atom stereocenters. The quantitative estimate of drug-likeness (QED) is 0.690. The molecule has 0 radical (unpaired) electrons. The molecule has 7 nitrogen and oxygen atoms in total. The van der Waals surface area contributed by atoms with Gasteiger partial charge in [0.15, 0.2) is 0 Å². The van der Waals surface area contributed by atoms with Gasteiger partial charge >= 0.3 is 6.03 Å². The number of rotatable bonds is 7. The highest BCUT2D eigenvalue weighted by Gasteiger charge is 2.25. The third-order valence-electron chi connectivity index (χ3n) is 4.45. The number of carbonyl (C=O) groups is 2. The minimum atomic E-state index is -0.0604. The van der Waals surface area contributed by atoms with Crippen molar-refractivity contribution in [1.29, 1.82) is 0 Å². The smallest absolute Gasteiger partial charge is 0.317 e. The standard InChI is InChI=1S/C17H32N4O3/c1-15(2)14-24-12-5-18-17(23)21-10-8-20(9-11-21)16(22)13-19-6-3-4-7-19/h15H,3-14H2,1-2H3,(H,18,23). The first-order valence-electron chi connectivity index (χ1n) is 9.17. The van der Waals surface area contributed by atoms with Gasteiger partial charge in [0.2, 0.25) is 5.91 Å². The molecule has 0 aliphatic carbocycles. The molecule has 2 saturated heterocycles. The minimum absolute atomic E-state index is 0.0604. The normalized spacial score (nSPS) is 19.1. The van der Waals surface area contributed by atoms with E-state index in [9.17, 15) is 9.59 Å². The lowest BCUT2D eigenvalue weighted by molar-refractivity contribution is -0.133. The van der Waals surface area contributed by atoms with Gasteiger partial charge in [-0.3, -0.25) is 9.69 Å². The van der Waals surface area contributed by atoms with Crippen molar-refractivity contribution in [3.8, 4) is 0 Å². The molecule has 2 rings (SSSR count). The second-order valence-corrected chi connectivity index (χ2v) is 7.05. The first kappa shape index (κ1) is 19.0. The van der Waals surface area contributed by atoms with Crippen LogP contribution in [0.25, 0.3) is 0 Å². The number of carbonyl (C=O) groups excluding carboxylic acids is 2. The number of amides is 3. The largest absolute Gasteiger partial charge is 0.379 e. The number of ether oxygens (including phenoxy) is 1. The molecule has 0 aromatic rings. The molecule has 7 heteroatoms. The van der Waals surface area contributed by atoms with Gasteiger partial charge in [-0.1, -0.05) is 13.8 Å². The second kappa shape index (κ2) is 9.84. The summed E-state index contributed by atoms with van der Waals surface area (Å²) in [7, 11) is 0. The third-order valence-corrected chi connectivity index (χ3v) is 4.45. The molecule has 0 spiro atoms. The molecular formula is C17H32N4O3. The molecule has 138 valence electrons. The third kappa shape index (κ3) is 6.28. The van der Waals surface area contributed by atoms with Gasteiger partial charge in [-0.2, -0.15) is 0 Å². The highest BCUT2D eigenvalue weighted by Crippen LogP contribution is 2.09. The molecule has 0 bridgehead atoms. The van der Waals surface area contributed by atoms with E-state index in [1.807, 2.05) is 4.90 Å². The highest BCUT2D eigenvalue weighted by atomic mass is 16.5. The van der Waals surface area contributed by atoms with Crippen molar-refractivity contribution < 1.29 is 14.3 Å². The Morgan fingerprint density at radius 3 is 2.25 bits per heavy atom. The lowest BCUT2D eigenvalue weighted by Crippen LogP contribution is -2.54. The fourth-order valence-electron chi connectivity index (χ4n) is 3.05. The van der Waals surface area contributed by atoms with Crippen molar-refractivity contribution in [2.75, 3.05) is 65.6 Å². The van der Waals surface area contributed by atoms with Crippen molar-refractivity contribution in [3.63, 3.8) is 0 Å².